The van der Waals surface area contributed by atoms with Gasteiger partial charge in [0.05, 0.1) is 0 Å². The molecular formula is C12H18N2. The molecule has 76 valence electrons. The minimum Gasteiger partial charge on any atom is -0.309 e. The van der Waals surface area contributed by atoms with E-state index in [0.717, 1.165) is 0 Å². The molecule has 2 rings (SSSR count). The molecule has 0 bridgehead atoms. The third-order valence-electron chi connectivity index (χ3n) is 2.52. The quantitative estimate of drug-likeness (QED) is 0.774. The standard InChI is InChI=1S/C12H18N2/c1-12(2,3)14-11-7-10(11)9-5-4-6-13-8-9/h4-6,8,10-11,14H,7H2,1-3H3/t10?,11-/m1/s1. The molecule has 1 aromatic heterocycles. The number of hydrogen-bond donors (Lipinski definition) is 1. The van der Waals surface area contributed by atoms with Crippen LogP contribution in [0, 0.1) is 0 Å². The van der Waals surface area contributed by atoms with Crippen LogP contribution in [0.15, 0.2) is 24.5 Å². The van der Waals surface area contributed by atoms with Gasteiger partial charge in [-0.25, -0.2) is 0 Å². The molecule has 2 nitrogen and oxygen atoms in total. The monoisotopic (exact) mass is 190 g/mol. The molecule has 0 amide bonds. The zero-order chi connectivity index (χ0) is 10.2. The van der Waals surface area contributed by atoms with Crippen molar-refractivity contribution in [1.29, 1.82) is 0 Å². The van der Waals surface area contributed by atoms with Crippen molar-refractivity contribution in [3.63, 3.8) is 0 Å². The van der Waals surface area contributed by atoms with Crippen LogP contribution < -0.4 is 5.32 Å². The van der Waals surface area contributed by atoms with Gasteiger partial charge in [-0.1, -0.05) is 6.07 Å². The molecule has 1 aromatic rings. The minimum absolute atomic E-state index is 0.224. The van der Waals surface area contributed by atoms with Gasteiger partial charge in [-0.2, -0.15) is 0 Å². The molecule has 1 unspecified atom stereocenters. The van der Waals surface area contributed by atoms with Crippen molar-refractivity contribution >= 4 is 0 Å². The highest BCUT2D eigenvalue weighted by atomic mass is 15.0. The van der Waals surface area contributed by atoms with E-state index in [9.17, 15) is 0 Å². The first-order chi connectivity index (χ1) is 6.56. The van der Waals surface area contributed by atoms with Gasteiger partial charge in [-0.15, -0.1) is 0 Å². The second-order valence-electron chi connectivity index (χ2n) is 5.13. The molecule has 1 aliphatic carbocycles. The first-order valence-corrected chi connectivity index (χ1v) is 5.24. The molecule has 1 aliphatic rings. The van der Waals surface area contributed by atoms with Crippen LogP contribution in [-0.4, -0.2) is 16.6 Å². The van der Waals surface area contributed by atoms with Gasteiger partial charge in [0.25, 0.3) is 0 Å². The third-order valence-corrected chi connectivity index (χ3v) is 2.52. The Morgan fingerprint density at radius 1 is 1.43 bits per heavy atom. The number of pyridine rings is 1. The maximum Gasteiger partial charge on any atom is 0.0303 e. The van der Waals surface area contributed by atoms with E-state index in [1.807, 2.05) is 18.5 Å². The Hall–Kier alpha value is -0.890. The second-order valence-corrected chi connectivity index (χ2v) is 5.13. The number of nitrogens with zero attached hydrogens (tertiary/aromatic N) is 1. The van der Waals surface area contributed by atoms with E-state index in [4.69, 9.17) is 0 Å². The number of rotatable bonds is 2. The summed E-state index contributed by atoms with van der Waals surface area (Å²) in [6.07, 6.45) is 5.07. The Kier molecular flexibility index (Phi) is 2.31. The zero-order valence-electron chi connectivity index (χ0n) is 9.12. The average molecular weight is 190 g/mol. The van der Waals surface area contributed by atoms with Crippen molar-refractivity contribution in [2.75, 3.05) is 0 Å². The highest BCUT2D eigenvalue weighted by Gasteiger charge is 2.40. The maximum atomic E-state index is 4.15. The molecule has 1 fully saturated rings. The fourth-order valence-corrected chi connectivity index (χ4v) is 1.87. The third kappa shape index (κ3) is 2.32. The van der Waals surface area contributed by atoms with Crippen molar-refractivity contribution in [2.45, 2.75) is 44.7 Å². The lowest BCUT2D eigenvalue weighted by Gasteiger charge is -2.20. The lowest BCUT2D eigenvalue weighted by molar-refractivity contribution is 0.418. The molecule has 1 saturated carbocycles. The molecule has 0 saturated heterocycles. The Morgan fingerprint density at radius 3 is 2.79 bits per heavy atom. The van der Waals surface area contributed by atoms with Crippen molar-refractivity contribution < 1.29 is 0 Å². The average Bonchev–Trinajstić information content (AvgIpc) is 2.82. The predicted octanol–water partition coefficient (Wildman–Crippen LogP) is 2.33. The smallest absolute Gasteiger partial charge is 0.0303 e. The van der Waals surface area contributed by atoms with Gasteiger partial charge in [-0.3, -0.25) is 4.98 Å². The summed E-state index contributed by atoms with van der Waals surface area (Å²) in [5.41, 5.74) is 1.59. The molecular weight excluding hydrogens is 172 g/mol. The molecule has 0 aromatic carbocycles. The maximum absolute atomic E-state index is 4.15. The van der Waals surface area contributed by atoms with Gasteiger partial charge < -0.3 is 5.32 Å². The highest BCUT2D eigenvalue weighted by molar-refractivity contribution is 5.25. The predicted molar refractivity (Wildman–Crippen MR) is 58.3 cm³/mol. The molecule has 1 N–H and O–H groups in total. The minimum atomic E-state index is 0.224. The summed E-state index contributed by atoms with van der Waals surface area (Å²) in [7, 11) is 0. The zero-order valence-corrected chi connectivity index (χ0v) is 9.12. The van der Waals surface area contributed by atoms with Crippen LogP contribution in [0.5, 0.6) is 0 Å². The van der Waals surface area contributed by atoms with E-state index in [1.165, 1.54) is 12.0 Å². The van der Waals surface area contributed by atoms with E-state index in [2.05, 4.69) is 37.1 Å². The van der Waals surface area contributed by atoms with E-state index in [0.29, 0.717) is 12.0 Å². The van der Waals surface area contributed by atoms with Gasteiger partial charge in [0.15, 0.2) is 0 Å². The summed E-state index contributed by atoms with van der Waals surface area (Å²) in [6.45, 7) is 6.64. The fraction of sp³-hybridized carbons (Fsp3) is 0.583. The lowest BCUT2D eigenvalue weighted by Crippen LogP contribution is -2.38. The molecule has 0 aliphatic heterocycles. The molecule has 2 heteroatoms. The normalized spacial score (nSPS) is 26.2. The summed E-state index contributed by atoms with van der Waals surface area (Å²) in [6, 6.07) is 4.84. The Bertz CT molecular complexity index is 300. The molecule has 1 heterocycles. The largest absolute Gasteiger partial charge is 0.309 e. The summed E-state index contributed by atoms with van der Waals surface area (Å²) >= 11 is 0. The van der Waals surface area contributed by atoms with Crippen LogP contribution in [0.1, 0.15) is 38.7 Å². The Balaban J connectivity index is 1.94. The number of nitrogens with one attached hydrogen (secondary N) is 1. The molecule has 14 heavy (non-hydrogen) atoms. The first kappa shape index (κ1) is 9.66. The molecule has 2 atom stereocenters. The fourth-order valence-electron chi connectivity index (χ4n) is 1.87. The summed E-state index contributed by atoms with van der Waals surface area (Å²) < 4.78 is 0. The van der Waals surface area contributed by atoms with Gasteiger partial charge in [0.1, 0.15) is 0 Å². The van der Waals surface area contributed by atoms with Crippen molar-refractivity contribution in [2.24, 2.45) is 0 Å². The summed E-state index contributed by atoms with van der Waals surface area (Å²) in [4.78, 5) is 4.15. The van der Waals surface area contributed by atoms with Gasteiger partial charge in [0.2, 0.25) is 0 Å². The van der Waals surface area contributed by atoms with E-state index in [-0.39, 0.29) is 5.54 Å². The number of aromatic nitrogens is 1. The van der Waals surface area contributed by atoms with Crippen LogP contribution in [0.2, 0.25) is 0 Å². The van der Waals surface area contributed by atoms with Crippen molar-refractivity contribution in [3.8, 4) is 0 Å². The Morgan fingerprint density at radius 2 is 2.21 bits per heavy atom. The second kappa shape index (κ2) is 3.35. The van der Waals surface area contributed by atoms with Gasteiger partial charge in [-0.05, 0) is 38.8 Å². The molecule has 0 radical (unpaired) electrons. The first-order valence-electron chi connectivity index (χ1n) is 5.24. The highest BCUT2D eigenvalue weighted by Crippen LogP contribution is 2.41. The SMILES string of the molecule is CC(C)(C)N[C@@H]1CC1c1cccnc1. The summed E-state index contributed by atoms with van der Waals surface area (Å²) in [5.74, 6) is 0.683. The van der Waals surface area contributed by atoms with Gasteiger partial charge >= 0.3 is 0 Å². The van der Waals surface area contributed by atoms with E-state index in [1.54, 1.807) is 0 Å². The van der Waals surface area contributed by atoms with E-state index < -0.39 is 0 Å². The molecule has 0 spiro atoms. The van der Waals surface area contributed by atoms with Crippen LogP contribution in [-0.2, 0) is 0 Å². The number of hydrogen-bond acceptors (Lipinski definition) is 2. The van der Waals surface area contributed by atoms with Crippen molar-refractivity contribution in [1.82, 2.24) is 10.3 Å². The van der Waals surface area contributed by atoms with Crippen LogP contribution in [0.4, 0.5) is 0 Å². The van der Waals surface area contributed by atoms with Crippen LogP contribution in [0.3, 0.4) is 0 Å². The summed E-state index contributed by atoms with van der Waals surface area (Å²) in [5, 5.41) is 3.61. The van der Waals surface area contributed by atoms with Crippen LogP contribution >= 0.6 is 0 Å². The van der Waals surface area contributed by atoms with E-state index >= 15 is 0 Å². The Labute approximate surface area is 85.7 Å². The lowest BCUT2D eigenvalue weighted by atomic mass is 10.1. The topological polar surface area (TPSA) is 24.9 Å². The van der Waals surface area contributed by atoms with Gasteiger partial charge in [0, 0.05) is 29.9 Å². The van der Waals surface area contributed by atoms with Crippen LogP contribution in [0.25, 0.3) is 0 Å². The van der Waals surface area contributed by atoms with Crippen molar-refractivity contribution in [3.05, 3.63) is 30.1 Å².